The Kier molecular flexibility index (Phi) is 4.35. The molecule has 0 saturated carbocycles. The maximum atomic E-state index is 13.2. The van der Waals surface area contributed by atoms with Gasteiger partial charge < -0.3 is 15.7 Å². The minimum absolute atomic E-state index is 0.0440. The molecule has 0 unspecified atom stereocenters. The van der Waals surface area contributed by atoms with Gasteiger partial charge in [0.15, 0.2) is 5.84 Å². The Labute approximate surface area is 119 Å². The first kappa shape index (κ1) is 14.3. The van der Waals surface area contributed by atoms with Gasteiger partial charge in [0.05, 0.1) is 5.69 Å². The number of nitrogens with zero attached hydrogens (tertiary/aromatic N) is 1. The molecule has 0 aliphatic rings. The number of oxime groups is 1. The molecule has 0 radical (unpaired) electrons. The summed E-state index contributed by atoms with van der Waals surface area (Å²) >= 11 is 0. The Balaban J connectivity index is 2.18. The number of nitrogens with two attached hydrogens (primary N) is 1. The van der Waals surface area contributed by atoms with E-state index in [1.165, 1.54) is 6.07 Å². The number of carbonyl (C=O) groups is 1. The predicted octanol–water partition coefficient (Wildman–Crippen LogP) is 2.53. The van der Waals surface area contributed by atoms with E-state index in [0.29, 0.717) is 5.75 Å². The number of amides is 1. The van der Waals surface area contributed by atoms with Crippen LogP contribution < -0.4 is 15.8 Å². The van der Waals surface area contributed by atoms with Crippen LogP contribution in [-0.2, 0) is 0 Å². The van der Waals surface area contributed by atoms with Gasteiger partial charge in [-0.1, -0.05) is 23.4 Å². The van der Waals surface area contributed by atoms with E-state index in [9.17, 15) is 9.18 Å². The summed E-state index contributed by atoms with van der Waals surface area (Å²) in [6.45, 7) is 0. The number of para-hydroxylation sites is 1. The molecule has 2 aromatic rings. The third-order valence-corrected chi connectivity index (χ3v) is 2.56. The van der Waals surface area contributed by atoms with Gasteiger partial charge in [0.1, 0.15) is 11.6 Å². The van der Waals surface area contributed by atoms with E-state index < -0.39 is 11.9 Å². The Bertz CT molecular complexity index is 674. The third kappa shape index (κ3) is 3.69. The van der Waals surface area contributed by atoms with E-state index in [1.807, 2.05) is 0 Å². The van der Waals surface area contributed by atoms with Gasteiger partial charge in [-0.3, -0.25) is 5.32 Å². The molecule has 7 heteroatoms. The number of carbonyl (C=O) groups excluding carboxylic acids is 1. The van der Waals surface area contributed by atoms with Crippen LogP contribution >= 0.6 is 0 Å². The van der Waals surface area contributed by atoms with E-state index in [1.54, 1.807) is 30.3 Å². The van der Waals surface area contributed by atoms with Crippen molar-refractivity contribution in [2.45, 2.75) is 0 Å². The van der Waals surface area contributed by atoms with Gasteiger partial charge in [0.2, 0.25) is 0 Å². The normalized spacial score (nSPS) is 11.0. The lowest BCUT2D eigenvalue weighted by molar-refractivity contribution is 0.215. The molecule has 108 valence electrons. The zero-order valence-corrected chi connectivity index (χ0v) is 10.8. The maximum Gasteiger partial charge on any atom is 0.417 e. The monoisotopic (exact) mass is 289 g/mol. The molecule has 0 spiro atoms. The summed E-state index contributed by atoms with van der Waals surface area (Å²) in [5.41, 5.74) is 5.64. The van der Waals surface area contributed by atoms with Crippen molar-refractivity contribution in [3.05, 3.63) is 59.9 Å². The largest absolute Gasteiger partial charge is 0.417 e. The van der Waals surface area contributed by atoms with Gasteiger partial charge >= 0.3 is 6.09 Å². The van der Waals surface area contributed by atoms with E-state index in [4.69, 9.17) is 15.7 Å². The van der Waals surface area contributed by atoms with Gasteiger partial charge in [-0.2, -0.15) is 0 Å². The summed E-state index contributed by atoms with van der Waals surface area (Å²) in [5, 5.41) is 13.9. The number of ether oxygens (including phenoxy) is 1. The predicted molar refractivity (Wildman–Crippen MR) is 75.0 cm³/mol. The maximum absolute atomic E-state index is 13.2. The molecule has 0 aliphatic heterocycles. The first-order chi connectivity index (χ1) is 10.1. The average molecular weight is 289 g/mol. The molecule has 4 N–H and O–H groups in total. The summed E-state index contributed by atoms with van der Waals surface area (Å²) < 4.78 is 18.2. The molecule has 0 atom stereocenters. The fraction of sp³-hybridized carbons (Fsp3) is 0. The molecule has 0 bridgehead atoms. The van der Waals surface area contributed by atoms with Gasteiger partial charge in [-0.05, 0) is 30.3 Å². The van der Waals surface area contributed by atoms with Crippen molar-refractivity contribution in [2.75, 3.05) is 5.32 Å². The highest BCUT2D eigenvalue weighted by atomic mass is 19.1. The Morgan fingerprint density at radius 1 is 1.24 bits per heavy atom. The lowest BCUT2D eigenvalue weighted by Crippen LogP contribution is -2.21. The number of rotatable bonds is 3. The first-order valence-electron chi connectivity index (χ1n) is 5.91. The van der Waals surface area contributed by atoms with E-state index >= 15 is 0 Å². The molecular formula is C14H12FN3O3. The molecular weight excluding hydrogens is 277 g/mol. The van der Waals surface area contributed by atoms with Gasteiger partial charge in [0, 0.05) is 5.56 Å². The number of benzene rings is 2. The number of anilines is 1. The standard InChI is InChI=1S/C14H12FN3O3/c15-9-6-7-12(11(8-9)13(16)18-20)17-14(19)21-10-4-2-1-3-5-10/h1-8,20H,(H2,16,18)(H,17,19). The minimum atomic E-state index is -0.778. The molecule has 2 rings (SSSR count). The summed E-state index contributed by atoms with van der Waals surface area (Å²) in [7, 11) is 0. The second-order valence-electron chi connectivity index (χ2n) is 4.00. The van der Waals surface area contributed by atoms with Crippen molar-refractivity contribution in [1.82, 2.24) is 0 Å². The smallest absolute Gasteiger partial charge is 0.410 e. The minimum Gasteiger partial charge on any atom is -0.410 e. The third-order valence-electron chi connectivity index (χ3n) is 2.56. The molecule has 0 saturated heterocycles. The molecule has 0 aromatic heterocycles. The number of halogens is 1. The zero-order chi connectivity index (χ0) is 15.2. The van der Waals surface area contributed by atoms with Gasteiger partial charge in [-0.25, -0.2) is 9.18 Å². The number of hydrogen-bond donors (Lipinski definition) is 3. The number of nitrogens with one attached hydrogen (secondary N) is 1. The Hall–Kier alpha value is -3.09. The van der Waals surface area contributed by atoms with Crippen LogP contribution in [0.15, 0.2) is 53.7 Å². The van der Waals surface area contributed by atoms with Crippen molar-refractivity contribution >= 4 is 17.6 Å². The molecule has 2 aromatic carbocycles. The highest BCUT2D eigenvalue weighted by Gasteiger charge is 2.12. The second-order valence-corrected chi connectivity index (χ2v) is 4.00. The summed E-state index contributed by atoms with van der Waals surface area (Å²) in [6.07, 6.45) is -0.778. The first-order valence-corrected chi connectivity index (χ1v) is 5.91. The SMILES string of the molecule is N/C(=N/O)c1cc(F)ccc1NC(=O)Oc1ccccc1. The van der Waals surface area contributed by atoms with E-state index in [0.717, 1.165) is 12.1 Å². The zero-order valence-electron chi connectivity index (χ0n) is 10.8. The Morgan fingerprint density at radius 2 is 1.95 bits per heavy atom. The molecule has 0 fully saturated rings. The average Bonchev–Trinajstić information content (AvgIpc) is 2.49. The van der Waals surface area contributed by atoms with Crippen molar-refractivity contribution in [3.63, 3.8) is 0 Å². The van der Waals surface area contributed by atoms with Crippen molar-refractivity contribution < 1.29 is 19.1 Å². The summed E-state index contributed by atoms with van der Waals surface area (Å²) in [5.74, 6) is -0.564. The van der Waals surface area contributed by atoms with Crippen molar-refractivity contribution in [2.24, 2.45) is 10.9 Å². The van der Waals surface area contributed by atoms with Crippen LogP contribution in [-0.4, -0.2) is 17.1 Å². The molecule has 0 heterocycles. The quantitative estimate of drug-likeness (QED) is 0.350. The molecule has 21 heavy (non-hydrogen) atoms. The van der Waals surface area contributed by atoms with Gasteiger partial charge in [0.25, 0.3) is 0 Å². The number of hydrogen-bond acceptors (Lipinski definition) is 4. The van der Waals surface area contributed by atoms with Crippen molar-refractivity contribution in [3.8, 4) is 5.75 Å². The van der Waals surface area contributed by atoms with Crippen LogP contribution in [0.3, 0.4) is 0 Å². The summed E-state index contributed by atoms with van der Waals surface area (Å²) in [6, 6.07) is 11.9. The van der Waals surface area contributed by atoms with Crippen LogP contribution in [0.4, 0.5) is 14.9 Å². The summed E-state index contributed by atoms with van der Waals surface area (Å²) in [4.78, 5) is 11.8. The van der Waals surface area contributed by atoms with Crippen molar-refractivity contribution in [1.29, 1.82) is 0 Å². The van der Waals surface area contributed by atoms with Crippen LogP contribution in [0, 0.1) is 5.82 Å². The van der Waals surface area contributed by atoms with E-state index in [-0.39, 0.29) is 17.1 Å². The highest BCUT2D eigenvalue weighted by Crippen LogP contribution is 2.18. The van der Waals surface area contributed by atoms with Crippen LogP contribution in [0.25, 0.3) is 0 Å². The second kappa shape index (κ2) is 6.38. The van der Waals surface area contributed by atoms with E-state index in [2.05, 4.69) is 10.5 Å². The van der Waals surface area contributed by atoms with Crippen LogP contribution in [0.1, 0.15) is 5.56 Å². The molecule has 0 aliphatic carbocycles. The fourth-order valence-corrected chi connectivity index (χ4v) is 1.62. The van der Waals surface area contributed by atoms with Gasteiger partial charge in [-0.15, -0.1) is 0 Å². The molecule has 6 nitrogen and oxygen atoms in total. The molecule has 1 amide bonds. The highest BCUT2D eigenvalue weighted by molar-refractivity contribution is 6.04. The number of amidine groups is 1. The Morgan fingerprint density at radius 3 is 2.62 bits per heavy atom. The van der Waals surface area contributed by atoms with Crippen LogP contribution in [0.5, 0.6) is 5.75 Å². The van der Waals surface area contributed by atoms with Crippen LogP contribution in [0.2, 0.25) is 0 Å². The lowest BCUT2D eigenvalue weighted by atomic mass is 10.1. The topological polar surface area (TPSA) is 96.9 Å². The fourth-order valence-electron chi connectivity index (χ4n) is 1.62. The lowest BCUT2D eigenvalue weighted by Gasteiger charge is -2.10.